The number of rotatable bonds is 10. The second-order valence-electron chi connectivity index (χ2n) is 7.44. The molecular weight excluding hydrogens is 438 g/mol. The summed E-state index contributed by atoms with van der Waals surface area (Å²) in [5.74, 6) is -0.249. The predicted octanol–water partition coefficient (Wildman–Crippen LogP) is 6.93. The van der Waals surface area contributed by atoms with E-state index in [1.54, 1.807) is 0 Å². The zero-order valence-corrected chi connectivity index (χ0v) is 19.5. The van der Waals surface area contributed by atoms with Crippen LogP contribution in [0.3, 0.4) is 0 Å². The van der Waals surface area contributed by atoms with Gasteiger partial charge >= 0.3 is 0 Å². The zero-order chi connectivity index (χ0) is 23.7. The van der Waals surface area contributed by atoms with Gasteiger partial charge in [0.15, 0.2) is 0 Å². The highest BCUT2D eigenvalue weighted by molar-refractivity contribution is 7.85. The SMILES string of the molecule is CCN(CCCS(=O)(=O)O)c1ccc(N=Nc2ccc(N=Nc3ccccc3)cc2)c(C)c1. The Hall–Kier alpha value is -3.43. The molecule has 0 saturated heterocycles. The zero-order valence-electron chi connectivity index (χ0n) is 18.7. The number of hydrogen-bond donors (Lipinski definition) is 1. The largest absolute Gasteiger partial charge is 0.372 e. The summed E-state index contributed by atoms with van der Waals surface area (Å²) in [6.45, 7) is 5.21. The number of nitrogens with zero attached hydrogens (tertiary/aromatic N) is 5. The lowest BCUT2D eigenvalue weighted by atomic mass is 10.1. The maximum atomic E-state index is 10.9. The van der Waals surface area contributed by atoms with Crippen LogP contribution in [0.15, 0.2) is 93.3 Å². The Morgan fingerprint density at radius 2 is 1.39 bits per heavy atom. The minimum Gasteiger partial charge on any atom is -0.372 e. The first-order valence-corrected chi connectivity index (χ1v) is 12.2. The van der Waals surface area contributed by atoms with Crippen molar-refractivity contribution >= 4 is 38.6 Å². The van der Waals surface area contributed by atoms with Crippen molar-refractivity contribution in [2.45, 2.75) is 20.3 Å². The Morgan fingerprint density at radius 1 is 0.818 bits per heavy atom. The van der Waals surface area contributed by atoms with Gasteiger partial charge in [-0.3, -0.25) is 4.55 Å². The van der Waals surface area contributed by atoms with Gasteiger partial charge in [-0.15, -0.1) is 0 Å². The molecule has 3 aromatic carbocycles. The van der Waals surface area contributed by atoms with Gasteiger partial charge in [-0.1, -0.05) is 18.2 Å². The van der Waals surface area contributed by atoms with Crippen LogP contribution < -0.4 is 4.90 Å². The van der Waals surface area contributed by atoms with Crippen molar-refractivity contribution in [1.82, 2.24) is 0 Å². The number of hydrogen-bond acceptors (Lipinski definition) is 7. The van der Waals surface area contributed by atoms with Crippen LogP contribution in [0.5, 0.6) is 0 Å². The van der Waals surface area contributed by atoms with Crippen LogP contribution in [0.2, 0.25) is 0 Å². The Morgan fingerprint density at radius 3 is 1.94 bits per heavy atom. The van der Waals surface area contributed by atoms with E-state index in [-0.39, 0.29) is 5.75 Å². The first-order valence-electron chi connectivity index (χ1n) is 10.6. The molecule has 9 heteroatoms. The lowest BCUT2D eigenvalue weighted by Gasteiger charge is -2.23. The molecule has 0 aliphatic rings. The molecule has 0 radical (unpaired) electrons. The summed E-state index contributed by atoms with van der Waals surface area (Å²) >= 11 is 0. The molecule has 0 heterocycles. The van der Waals surface area contributed by atoms with E-state index in [0.717, 1.165) is 34.9 Å². The molecular formula is C24H27N5O3S. The van der Waals surface area contributed by atoms with Gasteiger partial charge in [0, 0.05) is 18.8 Å². The van der Waals surface area contributed by atoms with Crippen molar-refractivity contribution in [2.24, 2.45) is 20.5 Å². The highest BCUT2D eigenvalue weighted by Crippen LogP contribution is 2.28. The highest BCUT2D eigenvalue weighted by Gasteiger charge is 2.09. The molecule has 0 aliphatic carbocycles. The smallest absolute Gasteiger partial charge is 0.264 e. The molecule has 3 rings (SSSR count). The van der Waals surface area contributed by atoms with Crippen molar-refractivity contribution in [3.05, 3.63) is 78.4 Å². The van der Waals surface area contributed by atoms with E-state index in [1.807, 2.05) is 86.6 Å². The average Bonchev–Trinajstić information content (AvgIpc) is 2.80. The van der Waals surface area contributed by atoms with Gasteiger partial charge in [-0.05, 0) is 80.4 Å². The van der Waals surface area contributed by atoms with Crippen LogP contribution in [0, 0.1) is 6.92 Å². The van der Waals surface area contributed by atoms with Crippen LogP contribution in [0.1, 0.15) is 18.9 Å². The number of benzene rings is 3. The Bertz CT molecular complexity index is 1210. The molecule has 0 bridgehead atoms. The van der Waals surface area contributed by atoms with Crippen LogP contribution in [-0.2, 0) is 10.1 Å². The third-order valence-corrected chi connectivity index (χ3v) is 5.72. The third kappa shape index (κ3) is 7.89. The van der Waals surface area contributed by atoms with Crippen molar-refractivity contribution in [2.75, 3.05) is 23.7 Å². The first-order chi connectivity index (χ1) is 15.8. The maximum Gasteiger partial charge on any atom is 0.264 e. The van der Waals surface area contributed by atoms with Crippen LogP contribution in [0.25, 0.3) is 0 Å². The summed E-state index contributed by atoms with van der Waals surface area (Å²) in [4.78, 5) is 2.06. The molecule has 3 aromatic rings. The van der Waals surface area contributed by atoms with E-state index < -0.39 is 10.1 Å². The Kier molecular flexibility index (Phi) is 8.39. The van der Waals surface area contributed by atoms with Gasteiger partial charge in [-0.25, -0.2) is 0 Å². The van der Waals surface area contributed by atoms with Crippen LogP contribution in [0.4, 0.5) is 28.4 Å². The Labute approximate surface area is 194 Å². The van der Waals surface area contributed by atoms with E-state index >= 15 is 0 Å². The first kappa shape index (κ1) is 24.2. The van der Waals surface area contributed by atoms with E-state index in [1.165, 1.54) is 0 Å². The second kappa shape index (κ2) is 11.4. The van der Waals surface area contributed by atoms with E-state index in [0.29, 0.717) is 18.7 Å². The maximum absolute atomic E-state index is 10.9. The molecule has 33 heavy (non-hydrogen) atoms. The summed E-state index contributed by atoms with van der Waals surface area (Å²) in [7, 11) is -3.94. The molecule has 0 aromatic heterocycles. The summed E-state index contributed by atoms with van der Waals surface area (Å²) < 4.78 is 30.8. The normalized spacial score (nSPS) is 12.0. The molecule has 0 aliphatic heterocycles. The minimum atomic E-state index is -3.94. The third-order valence-electron chi connectivity index (χ3n) is 4.92. The van der Waals surface area contributed by atoms with Gasteiger partial charge in [0.1, 0.15) is 0 Å². The van der Waals surface area contributed by atoms with E-state index in [9.17, 15) is 8.42 Å². The lowest BCUT2D eigenvalue weighted by molar-refractivity contribution is 0.481. The molecule has 0 amide bonds. The highest BCUT2D eigenvalue weighted by atomic mass is 32.2. The molecule has 0 saturated carbocycles. The van der Waals surface area contributed by atoms with Gasteiger partial charge in [-0.2, -0.15) is 28.9 Å². The number of anilines is 1. The fourth-order valence-corrected chi connectivity index (χ4v) is 3.66. The minimum absolute atomic E-state index is 0.249. The molecule has 0 fully saturated rings. The summed E-state index contributed by atoms with van der Waals surface area (Å²) in [5.41, 5.74) is 4.90. The monoisotopic (exact) mass is 465 g/mol. The standard InChI is InChI=1S/C24H27N5O3S/c1-3-29(16-7-17-33(30,31)32)23-14-15-24(19(2)18-23)28-27-22-12-10-21(11-13-22)26-25-20-8-5-4-6-9-20/h4-6,8-15,18H,3,7,16-17H2,1-2H3,(H,30,31,32). The summed E-state index contributed by atoms with van der Waals surface area (Å²) in [5, 5.41) is 17.1. The number of aryl methyl sites for hydroxylation is 1. The quantitative estimate of drug-likeness (QED) is 0.259. The van der Waals surface area contributed by atoms with Gasteiger partial charge in [0.05, 0.1) is 28.5 Å². The van der Waals surface area contributed by atoms with Crippen molar-refractivity contribution in [1.29, 1.82) is 0 Å². The fraction of sp³-hybridized carbons (Fsp3) is 0.250. The molecule has 0 atom stereocenters. The average molecular weight is 466 g/mol. The second-order valence-corrected chi connectivity index (χ2v) is 9.01. The van der Waals surface area contributed by atoms with Crippen molar-refractivity contribution in [3.63, 3.8) is 0 Å². The lowest BCUT2D eigenvalue weighted by Crippen LogP contribution is -2.25. The van der Waals surface area contributed by atoms with E-state index in [4.69, 9.17) is 4.55 Å². The fourth-order valence-electron chi connectivity index (χ4n) is 3.16. The van der Waals surface area contributed by atoms with Crippen molar-refractivity contribution in [3.8, 4) is 0 Å². The topological polar surface area (TPSA) is 107 Å². The molecule has 172 valence electrons. The molecule has 0 unspecified atom stereocenters. The summed E-state index contributed by atoms with van der Waals surface area (Å²) in [6.07, 6.45) is 0.355. The van der Waals surface area contributed by atoms with Gasteiger partial charge in [0.2, 0.25) is 0 Å². The number of azo groups is 2. The van der Waals surface area contributed by atoms with Crippen molar-refractivity contribution < 1.29 is 13.0 Å². The molecule has 0 spiro atoms. The molecule has 1 N–H and O–H groups in total. The molecule has 8 nitrogen and oxygen atoms in total. The van der Waals surface area contributed by atoms with Crippen LogP contribution in [-0.4, -0.2) is 31.8 Å². The van der Waals surface area contributed by atoms with Crippen LogP contribution >= 0.6 is 0 Å². The Balaban J connectivity index is 1.63. The predicted molar refractivity (Wildman–Crippen MR) is 131 cm³/mol. The van der Waals surface area contributed by atoms with E-state index in [2.05, 4.69) is 25.4 Å². The van der Waals surface area contributed by atoms with Gasteiger partial charge < -0.3 is 4.90 Å². The van der Waals surface area contributed by atoms with Gasteiger partial charge in [0.25, 0.3) is 10.1 Å². The summed E-state index contributed by atoms with van der Waals surface area (Å²) in [6, 6.07) is 22.7.